The van der Waals surface area contributed by atoms with Crippen molar-refractivity contribution in [2.45, 2.75) is 32.6 Å². The van der Waals surface area contributed by atoms with Gasteiger partial charge in [0.05, 0.1) is 5.56 Å². The first-order valence-electron chi connectivity index (χ1n) is 8.42. The average Bonchev–Trinajstić information content (AvgIpc) is 2.87. The van der Waals surface area contributed by atoms with Crippen LogP contribution >= 0.6 is 11.6 Å². The average molecular weight is 344 g/mol. The van der Waals surface area contributed by atoms with Gasteiger partial charge in [-0.1, -0.05) is 30.5 Å². The largest absolute Gasteiger partial charge is 0.356 e. The van der Waals surface area contributed by atoms with Crippen LogP contribution < -0.4 is 10.2 Å². The van der Waals surface area contributed by atoms with E-state index in [0.717, 1.165) is 43.0 Å². The molecule has 1 N–H and O–H groups in total. The van der Waals surface area contributed by atoms with Crippen LogP contribution in [-0.4, -0.2) is 24.0 Å². The van der Waals surface area contributed by atoms with Crippen LogP contribution in [0.25, 0.3) is 0 Å². The smallest absolute Gasteiger partial charge is 0.259 e. The summed E-state index contributed by atoms with van der Waals surface area (Å²) in [5.74, 6) is 0.629. The van der Waals surface area contributed by atoms with E-state index in [0.29, 0.717) is 10.6 Å². The molecule has 0 saturated carbocycles. The predicted octanol–water partition coefficient (Wildman–Crippen LogP) is 4.68. The zero-order valence-corrected chi connectivity index (χ0v) is 14.6. The Morgan fingerprint density at radius 3 is 2.67 bits per heavy atom. The van der Waals surface area contributed by atoms with E-state index in [2.05, 4.69) is 15.2 Å². The number of nitrogens with zero attached hydrogens (tertiary/aromatic N) is 2. The second-order valence-electron chi connectivity index (χ2n) is 6.19. The molecule has 1 saturated heterocycles. The van der Waals surface area contributed by atoms with Crippen molar-refractivity contribution in [3.63, 3.8) is 0 Å². The molecule has 0 spiro atoms. The summed E-state index contributed by atoms with van der Waals surface area (Å²) in [5, 5.41) is 3.58. The SMILES string of the molecule is Cc1ccc(Cl)cc1NC(=O)c1cccnc1N1CCCCCC1. The number of amides is 1. The molecule has 5 heteroatoms. The Morgan fingerprint density at radius 1 is 1.17 bits per heavy atom. The zero-order chi connectivity index (χ0) is 16.9. The lowest BCUT2D eigenvalue weighted by Gasteiger charge is -2.23. The van der Waals surface area contributed by atoms with E-state index in [1.54, 1.807) is 18.3 Å². The molecular weight excluding hydrogens is 322 g/mol. The summed E-state index contributed by atoms with van der Waals surface area (Å²) in [6.07, 6.45) is 6.52. The second-order valence-corrected chi connectivity index (χ2v) is 6.63. The Hall–Kier alpha value is -2.07. The summed E-state index contributed by atoms with van der Waals surface area (Å²) in [7, 11) is 0. The van der Waals surface area contributed by atoms with Gasteiger partial charge in [-0.25, -0.2) is 4.98 Å². The number of aryl methyl sites for hydroxylation is 1. The second kappa shape index (κ2) is 7.67. The van der Waals surface area contributed by atoms with Crippen LogP contribution in [-0.2, 0) is 0 Å². The van der Waals surface area contributed by atoms with Gasteiger partial charge < -0.3 is 10.2 Å². The van der Waals surface area contributed by atoms with E-state index >= 15 is 0 Å². The Morgan fingerprint density at radius 2 is 1.92 bits per heavy atom. The van der Waals surface area contributed by atoms with Crippen molar-refractivity contribution in [1.82, 2.24) is 4.98 Å². The Kier molecular flexibility index (Phi) is 5.36. The highest BCUT2D eigenvalue weighted by Gasteiger charge is 2.19. The molecule has 24 heavy (non-hydrogen) atoms. The summed E-state index contributed by atoms with van der Waals surface area (Å²) in [6.45, 7) is 3.85. The van der Waals surface area contributed by atoms with E-state index in [9.17, 15) is 4.79 Å². The van der Waals surface area contributed by atoms with Gasteiger partial charge in [0.25, 0.3) is 5.91 Å². The fourth-order valence-electron chi connectivity index (χ4n) is 3.03. The number of benzene rings is 1. The number of halogens is 1. The van der Waals surface area contributed by atoms with Crippen molar-refractivity contribution in [3.05, 3.63) is 52.7 Å². The lowest BCUT2D eigenvalue weighted by molar-refractivity contribution is 0.102. The number of hydrogen-bond acceptors (Lipinski definition) is 3. The highest BCUT2D eigenvalue weighted by atomic mass is 35.5. The minimum atomic E-state index is -0.146. The fourth-order valence-corrected chi connectivity index (χ4v) is 3.20. The molecule has 1 aromatic carbocycles. The van der Waals surface area contributed by atoms with E-state index in [1.165, 1.54) is 12.8 Å². The highest BCUT2D eigenvalue weighted by Crippen LogP contribution is 2.24. The van der Waals surface area contributed by atoms with Crippen LogP contribution in [0, 0.1) is 6.92 Å². The molecule has 1 aromatic heterocycles. The molecule has 0 aliphatic carbocycles. The lowest BCUT2D eigenvalue weighted by atomic mass is 10.1. The molecular formula is C19H22ClN3O. The number of pyridine rings is 1. The maximum absolute atomic E-state index is 12.8. The number of nitrogens with one attached hydrogen (secondary N) is 1. The van der Waals surface area contributed by atoms with Crippen molar-refractivity contribution >= 4 is 29.0 Å². The molecule has 2 heterocycles. The van der Waals surface area contributed by atoms with Crippen LogP contribution in [0.1, 0.15) is 41.6 Å². The summed E-state index contributed by atoms with van der Waals surface area (Å²) in [6, 6.07) is 9.14. The molecule has 1 fully saturated rings. The molecule has 1 amide bonds. The van der Waals surface area contributed by atoms with Crippen molar-refractivity contribution in [2.24, 2.45) is 0 Å². The minimum absolute atomic E-state index is 0.146. The zero-order valence-electron chi connectivity index (χ0n) is 13.9. The van der Waals surface area contributed by atoms with Gasteiger partial charge in [-0.15, -0.1) is 0 Å². The molecule has 0 atom stereocenters. The summed E-state index contributed by atoms with van der Waals surface area (Å²) < 4.78 is 0. The fraction of sp³-hybridized carbons (Fsp3) is 0.368. The third-order valence-electron chi connectivity index (χ3n) is 4.38. The molecule has 0 bridgehead atoms. The number of aromatic nitrogens is 1. The number of anilines is 2. The molecule has 2 aromatic rings. The van der Waals surface area contributed by atoms with Gasteiger partial charge in [0.15, 0.2) is 0 Å². The van der Waals surface area contributed by atoms with Crippen molar-refractivity contribution in [2.75, 3.05) is 23.3 Å². The van der Waals surface area contributed by atoms with Gasteiger partial charge in [0.2, 0.25) is 0 Å². The van der Waals surface area contributed by atoms with E-state index in [4.69, 9.17) is 11.6 Å². The normalized spacial score (nSPS) is 15.0. The van der Waals surface area contributed by atoms with Gasteiger partial charge in [0, 0.05) is 30.0 Å². The van der Waals surface area contributed by atoms with Crippen molar-refractivity contribution in [1.29, 1.82) is 0 Å². The van der Waals surface area contributed by atoms with Crippen LogP contribution in [0.15, 0.2) is 36.5 Å². The van der Waals surface area contributed by atoms with E-state index < -0.39 is 0 Å². The number of rotatable bonds is 3. The van der Waals surface area contributed by atoms with E-state index in [-0.39, 0.29) is 5.91 Å². The first kappa shape index (κ1) is 16.8. The van der Waals surface area contributed by atoms with Gasteiger partial charge in [-0.05, 0) is 49.6 Å². The maximum Gasteiger partial charge on any atom is 0.259 e. The van der Waals surface area contributed by atoms with E-state index in [1.807, 2.05) is 25.1 Å². The quantitative estimate of drug-likeness (QED) is 0.880. The van der Waals surface area contributed by atoms with Gasteiger partial charge >= 0.3 is 0 Å². The number of carbonyl (C=O) groups is 1. The Balaban J connectivity index is 1.86. The van der Waals surface area contributed by atoms with Gasteiger partial charge in [0.1, 0.15) is 5.82 Å². The molecule has 126 valence electrons. The molecule has 1 aliphatic heterocycles. The number of hydrogen-bond donors (Lipinski definition) is 1. The summed E-state index contributed by atoms with van der Waals surface area (Å²) in [4.78, 5) is 19.5. The monoisotopic (exact) mass is 343 g/mol. The van der Waals surface area contributed by atoms with Crippen LogP contribution in [0.4, 0.5) is 11.5 Å². The lowest BCUT2D eigenvalue weighted by Crippen LogP contribution is -2.28. The van der Waals surface area contributed by atoms with Crippen molar-refractivity contribution < 1.29 is 4.79 Å². The molecule has 4 nitrogen and oxygen atoms in total. The maximum atomic E-state index is 12.8. The molecule has 1 aliphatic rings. The third kappa shape index (κ3) is 3.88. The molecule has 0 unspecified atom stereocenters. The number of carbonyl (C=O) groups excluding carboxylic acids is 1. The predicted molar refractivity (Wildman–Crippen MR) is 99.1 cm³/mol. The summed E-state index contributed by atoms with van der Waals surface area (Å²) >= 11 is 6.05. The minimum Gasteiger partial charge on any atom is -0.356 e. The Bertz CT molecular complexity index is 724. The first-order valence-corrected chi connectivity index (χ1v) is 8.80. The van der Waals surface area contributed by atoms with Crippen molar-refractivity contribution in [3.8, 4) is 0 Å². The Labute approximate surface area is 147 Å². The van der Waals surface area contributed by atoms with Crippen LogP contribution in [0.2, 0.25) is 5.02 Å². The van der Waals surface area contributed by atoms with Gasteiger partial charge in [-0.3, -0.25) is 4.79 Å². The standard InChI is InChI=1S/C19H22ClN3O/c1-14-8-9-15(20)13-17(14)22-19(24)16-7-6-10-21-18(16)23-11-4-2-3-5-12-23/h6-10,13H,2-5,11-12H2,1H3,(H,22,24). The molecule has 3 rings (SSSR count). The topological polar surface area (TPSA) is 45.2 Å². The third-order valence-corrected chi connectivity index (χ3v) is 4.62. The van der Waals surface area contributed by atoms with Gasteiger partial charge in [-0.2, -0.15) is 0 Å². The highest BCUT2D eigenvalue weighted by molar-refractivity contribution is 6.31. The first-order chi connectivity index (χ1) is 11.6. The van der Waals surface area contributed by atoms with Crippen LogP contribution in [0.3, 0.4) is 0 Å². The van der Waals surface area contributed by atoms with Crippen LogP contribution in [0.5, 0.6) is 0 Å². The summed E-state index contributed by atoms with van der Waals surface area (Å²) in [5.41, 5.74) is 2.32. The molecule has 0 radical (unpaired) electrons.